The fraction of sp³-hybridized carbons (Fsp3) is 0.417. The van der Waals surface area contributed by atoms with Crippen LogP contribution in [0.3, 0.4) is 0 Å². The van der Waals surface area contributed by atoms with Gasteiger partial charge in [-0.15, -0.1) is 0 Å². The smallest absolute Gasteiger partial charge is 0.408 e. The van der Waals surface area contributed by atoms with Gasteiger partial charge in [-0.3, -0.25) is 9.59 Å². The van der Waals surface area contributed by atoms with E-state index in [2.05, 4.69) is 17.6 Å². The van der Waals surface area contributed by atoms with Crippen LogP contribution in [0.15, 0.2) is 78.9 Å². The van der Waals surface area contributed by atoms with Crippen LogP contribution in [0.2, 0.25) is 0 Å². The largest absolute Gasteiger partial charge is 0.444 e. The summed E-state index contributed by atoms with van der Waals surface area (Å²) in [6.45, 7) is 11.8. The van der Waals surface area contributed by atoms with Gasteiger partial charge < -0.3 is 20.3 Å². The lowest BCUT2D eigenvalue weighted by atomic mass is 9.98. The first kappa shape index (κ1) is 33.4. The average molecular weight is 586 g/mol. The van der Waals surface area contributed by atoms with Gasteiger partial charge in [0.05, 0.1) is 0 Å². The number of anilines is 1. The first-order valence-corrected chi connectivity index (χ1v) is 15.3. The first-order valence-electron chi connectivity index (χ1n) is 15.3. The molecule has 0 saturated carbocycles. The predicted octanol–water partition coefficient (Wildman–Crippen LogP) is 7.53. The number of carbonyl (C=O) groups is 3. The number of rotatable bonds is 13. The van der Waals surface area contributed by atoms with E-state index in [9.17, 15) is 14.4 Å². The molecule has 0 aliphatic carbocycles. The lowest BCUT2D eigenvalue weighted by molar-refractivity contribution is -0.140. The van der Waals surface area contributed by atoms with Crippen molar-refractivity contribution >= 4 is 23.6 Å². The number of ether oxygens (including phenoxy) is 1. The van der Waals surface area contributed by atoms with Crippen LogP contribution in [-0.2, 0) is 20.7 Å². The molecule has 0 radical (unpaired) electrons. The van der Waals surface area contributed by atoms with Crippen molar-refractivity contribution in [2.45, 2.75) is 91.3 Å². The lowest BCUT2D eigenvalue weighted by Crippen LogP contribution is -2.53. The first-order chi connectivity index (χ1) is 20.5. The third-order valence-corrected chi connectivity index (χ3v) is 7.16. The fourth-order valence-corrected chi connectivity index (χ4v) is 4.91. The standard InChI is InChI=1S/C36H47N3O4/c1-7-8-9-15-24-39(34(41)31(25-28-17-11-10-12-18-28)38-35(42)43-36(4,5)6)32(29-22-20-26(2)21-23-29)33(40)37-30-19-14-13-16-27(30)3/h10-14,16-23,31-32H,7-9,15,24-25H2,1-6H3,(H,37,40)(H,38,42). The third kappa shape index (κ3) is 10.6. The Labute approximate surface area is 257 Å². The van der Waals surface area contributed by atoms with E-state index < -0.39 is 23.8 Å². The Morgan fingerprint density at radius 2 is 1.49 bits per heavy atom. The maximum absolute atomic E-state index is 14.6. The van der Waals surface area contributed by atoms with E-state index in [0.717, 1.165) is 42.4 Å². The van der Waals surface area contributed by atoms with Gasteiger partial charge in [0, 0.05) is 18.7 Å². The van der Waals surface area contributed by atoms with Crippen molar-refractivity contribution in [1.82, 2.24) is 10.2 Å². The van der Waals surface area contributed by atoms with Crippen LogP contribution >= 0.6 is 0 Å². The number of hydrogen-bond acceptors (Lipinski definition) is 4. The second kappa shape index (κ2) is 15.9. The maximum atomic E-state index is 14.6. The summed E-state index contributed by atoms with van der Waals surface area (Å²) >= 11 is 0. The third-order valence-electron chi connectivity index (χ3n) is 7.16. The second-order valence-electron chi connectivity index (χ2n) is 12.1. The van der Waals surface area contributed by atoms with Crippen LogP contribution in [0.4, 0.5) is 10.5 Å². The molecule has 0 saturated heterocycles. The van der Waals surface area contributed by atoms with Crippen LogP contribution in [0.25, 0.3) is 0 Å². The van der Waals surface area contributed by atoms with Crippen LogP contribution in [-0.4, -0.2) is 41.0 Å². The van der Waals surface area contributed by atoms with Crippen molar-refractivity contribution in [3.63, 3.8) is 0 Å². The SMILES string of the molecule is CCCCCCN(C(=O)C(Cc1ccccc1)NC(=O)OC(C)(C)C)C(C(=O)Nc1ccccc1C)c1ccc(C)cc1. The summed E-state index contributed by atoms with van der Waals surface area (Å²) < 4.78 is 5.55. The highest BCUT2D eigenvalue weighted by Gasteiger charge is 2.36. The Bertz CT molecular complexity index is 1330. The quantitative estimate of drug-likeness (QED) is 0.203. The summed E-state index contributed by atoms with van der Waals surface area (Å²) in [5.41, 5.74) is 3.53. The molecule has 7 nitrogen and oxygen atoms in total. The molecule has 43 heavy (non-hydrogen) atoms. The molecule has 0 aliphatic heterocycles. The average Bonchev–Trinajstić information content (AvgIpc) is 2.95. The number of para-hydroxylation sites is 1. The highest BCUT2D eigenvalue weighted by molar-refractivity contribution is 5.99. The molecule has 3 rings (SSSR count). The van der Waals surface area contributed by atoms with Crippen molar-refractivity contribution in [2.24, 2.45) is 0 Å². The number of nitrogens with one attached hydrogen (secondary N) is 2. The Balaban J connectivity index is 2.06. The molecular weight excluding hydrogens is 538 g/mol. The molecule has 7 heteroatoms. The summed E-state index contributed by atoms with van der Waals surface area (Å²) in [6, 6.07) is 23.0. The van der Waals surface area contributed by atoms with Crippen molar-refractivity contribution in [3.05, 3.63) is 101 Å². The topological polar surface area (TPSA) is 87.7 Å². The van der Waals surface area contributed by atoms with E-state index in [0.29, 0.717) is 17.8 Å². The number of nitrogens with zero attached hydrogens (tertiary/aromatic N) is 1. The number of hydrogen-bond donors (Lipinski definition) is 2. The number of benzene rings is 3. The zero-order valence-electron chi connectivity index (χ0n) is 26.5. The van der Waals surface area contributed by atoms with E-state index in [1.807, 2.05) is 92.7 Å². The molecule has 0 aromatic heterocycles. The Kier molecular flexibility index (Phi) is 12.4. The van der Waals surface area contributed by atoms with E-state index in [1.165, 1.54) is 0 Å². The fourth-order valence-electron chi connectivity index (χ4n) is 4.91. The molecule has 3 aromatic carbocycles. The number of alkyl carbamates (subject to hydrolysis) is 1. The summed E-state index contributed by atoms with van der Waals surface area (Å²) in [6.07, 6.45) is 3.29. The minimum absolute atomic E-state index is 0.254. The molecule has 0 spiro atoms. The summed E-state index contributed by atoms with van der Waals surface area (Å²) in [4.78, 5) is 43.4. The van der Waals surface area contributed by atoms with Gasteiger partial charge in [-0.05, 0) is 63.8 Å². The van der Waals surface area contributed by atoms with Gasteiger partial charge in [-0.25, -0.2) is 4.79 Å². The number of amides is 3. The predicted molar refractivity (Wildman–Crippen MR) is 173 cm³/mol. The molecule has 3 amide bonds. The molecule has 2 N–H and O–H groups in total. The molecule has 230 valence electrons. The minimum atomic E-state index is -0.942. The Morgan fingerprint density at radius 1 is 0.837 bits per heavy atom. The lowest BCUT2D eigenvalue weighted by Gasteiger charge is -2.35. The Hall–Kier alpha value is -4.13. The highest BCUT2D eigenvalue weighted by Crippen LogP contribution is 2.27. The van der Waals surface area contributed by atoms with Crippen molar-refractivity contribution < 1.29 is 19.1 Å². The van der Waals surface area contributed by atoms with Gasteiger partial charge >= 0.3 is 6.09 Å². The van der Waals surface area contributed by atoms with Crippen molar-refractivity contribution in [1.29, 1.82) is 0 Å². The molecule has 0 aliphatic rings. The Morgan fingerprint density at radius 3 is 2.12 bits per heavy atom. The van der Waals surface area contributed by atoms with Gasteiger partial charge in [-0.1, -0.05) is 105 Å². The van der Waals surface area contributed by atoms with Gasteiger partial charge in [-0.2, -0.15) is 0 Å². The monoisotopic (exact) mass is 585 g/mol. The molecule has 2 atom stereocenters. The van der Waals surface area contributed by atoms with Crippen LogP contribution in [0.1, 0.15) is 81.7 Å². The van der Waals surface area contributed by atoms with Crippen LogP contribution in [0.5, 0.6) is 0 Å². The highest BCUT2D eigenvalue weighted by atomic mass is 16.6. The molecular formula is C36H47N3O4. The van der Waals surface area contributed by atoms with E-state index in [1.54, 1.807) is 25.7 Å². The molecule has 2 unspecified atom stereocenters. The van der Waals surface area contributed by atoms with Crippen LogP contribution < -0.4 is 10.6 Å². The number of carbonyl (C=O) groups excluding carboxylic acids is 3. The van der Waals surface area contributed by atoms with Gasteiger partial charge in [0.15, 0.2) is 0 Å². The normalized spacial score (nSPS) is 12.6. The van der Waals surface area contributed by atoms with Gasteiger partial charge in [0.25, 0.3) is 5.91 Å². The molecule has 0 fully saturated rings. The van der Waals surface area contributed by atoms with Gasteiger partial charge in [0.1, 0.15) is 17.7 Å². The maximum Gasteiger partial charge on any atom is 0.408 e. The zero-order chi connectivity index (χ0) is 31.4. The van der Waals surface area contributed by atoms with E-state index in [4.69, 9.17) is 4.74 Å². The minimum Gasteiger partial charge on any atom is -0.444 e. The summed E-state index contributed by atoms with van der Waals surface area (Å²) in [5.74, 6) is -0.644. The molecule has 0 heterocycles. The number of unbranched alkanes of at least 4 members (excludes halogenated alkanes) is 3. The zero-order valence-corrected chi connectivity index (χ0v) is 26.5. The summed E-state index contributed by atoms with van der Waals surface area (Å²) in [5, 5.41) is 5.91. The number of aryl methyl sites for hydroxylation is 2. The molecule has 0 bridgehead atoms. The van der Waals surface area contributed by atoms with Crippen LogP contribution in [0, 0.1) is 13.8 Å². The van der Waals surface area contributed by atoms with Crippen molar-refractivity contribution in [3.8, 4) is 0 Å². The van der Waals surface area contributed by atoms with E-state index >= 15 is 0 Å². The molecule has 3 aromatic rings. The van der Waals surface area contributed by atoms with Crippen molar-refractivity contribution in [2.75, 3.05) is 11.9 Å². The second-order valence-corrected chi connectivity index (χ2v) is 12.1. The summed E-state index contributed by atoms with van der Waals surface area (Å²) in [7, 11) is 0. The van der Waals surface area contributed by atoms with E-state index in [-0.39, 0.29) is 18.2 Å². The van der Waals surface area contributed by atoms with Gasteiger partial charge in [0.2, 0.25) is 5.91 Å².